The quantitative estimate of drug-likeness (QED) is 0.104. The van der Waals surface area contributed by atoms with Crippen molar-refractivity contribution >= 4 is 71.5 Å². The molecule has 230 valence electrons. The highest BCUT2D eigenvalue weighted by Crippen LogP contribution is 2.35. The molecule has 0 heterocycles. The van der Waals surface area contributed by atoms with Gasteiger partial charge < -0.3 is 0 Å². The molecule has 0 aliphatic heterocycles. The smallest absolute Gasteiger partial charge is 0.0631 e. The monoisotopic (exact) mass is 652 g/mol. The summed E-state index contributed by atoms with van der Waals surface area (Å²) in [5.41, 5.74) is 4.04. The van der Waals surface area contributed by atoms with E-state index in [9.17, 15) is 0 Å². The van der Waals surface area contributed by atoms with Gasteiger partial charge >= 0.3 is 0 Å². The minimum absolute atomic E-state index is 0.726. The molecule has 0 aliphatic carbocycles. The lowest BCUT2D eigenvalue weighted by molar-refractivity contribution is 1.48. The van der Waals surface area contributed by atoms with Gasteiger partial charge in [-0.05, 0) is 71.9 Å². The summed E-state index contributed by atoms with van der Waals surface area (Å²) in [5, 5.41) is 7.87. The maximum Gasteiger partial charge on any atom is 0.0631 e. The summed E-state index contributed by atoms with van der Waals surface area (Å²) >= 11 is 0. The Morgan fingerprint density at radius 1 is 0.292 bits per heavy atom. The minimum atomic E-state index is -0.726. The van der Waals surface area contributed by atoms with Crippen molar-refractivity contribution in [2.45, 2.75) is 0 Å². The Morgan fingerprint density at radius 2 is 0.562 bits per heavy atom. The molecule has 0 atom stereocenters. The molecule has 0 saturated carbocycles. The van der Waals surface area contributed by atoms with Crippen LogP contribution in [0.25, 0.3) is 0 Å². The molecule has 0 amide bonds. The van der Waals surface area contributed by atoms with Crippen molar-refractivity contribution < 1.29 is 0 Å². The molecule has 0 saturated heterocycles. The van der Waals surface area contributed by atoms with Gasteiger partial charge in [-0.15, -0.1) is 0 Å². The summed E-state index contributed by atoms with van der Waals surface area (Å²) in [6, 6.07) is 68.5. The lowest BCUT2D eigenvalue weighted by Gasteiger charge is -2.21. The van der Waals surface area contributed by atoms with E-state index in [1.54, 1.807) is 0 Å². The van der Waals surface area contributed by atoms with Gasteiger partial charge in [-0.1, -0.05) is 170 Å². The van der Waals surface area contributed by atoms with Crippen LogP contribution in [0.2, 0.25) is 0 Å². The van der Waals surface area contributed by atoms with Crippen molar-refractivity contribution in [2.24, 2.45) is 9.98 Å². The maximum atomic E-state index is 4.91. The van der Waals surface area contributed by atoms with E-state index in [4.69, 9.17) is 9.98 Å². The van der Waals surface area contributed by atoms with Crippen molar-refractivity contribution in [3.63, 3.8) is 0 Å². The third-order valence-electron chi connectivity index (χ3n) is 7.97. The number of benzene rings is 7. The predicted molar refractivity (Wildman–Crippen MR) is 211 cm³/mol. The maximum absolute atomic E-state index is 4.91. The standard InChI is InChI=1S/C44H34N2P2/c1-5-19-39(20-6-1)47(40-21-7-2-8-22-40)43-27-15-13-17-35(43)33-45-37-29-31-38(32-30-37)46-34-36-18-14-16-28-44(36)48(41-23-9-3-10-24-41)42-25-11-4-12-26-42/h1-34H. The number of nitrogens with zero attached hydrogens (tertiary/aromatic N) is 2. The van der Waals surface area contributed by atoms with Gasteiger partial charge in [0, 0.05) is 23.6 Å². The summed E-state index contributed by atoms with van der Waals surface area (Å²) in [7, 11) is -1.45. The van der Waals surface area contributed by atoms with Gasteiger partial charge in [0.2, 0.25) is 0 Å². The first kappa shape index (κ1) is 31.3. The van der Waals surface area contributed by atoms with Crippen LogP contribution in [0.1, 0.15) is 11.1 Å². The first-order valence-electron chi connectivity index (χ1n) is 16.0. The molecule has 0 aliphatic rings. The summed E-state index contributed by atoms with van der Waals surface area (Å²) in [6.45, 7) is 0. The molecule has 7 aromatic rings. The van der Waals surface area contributed by atoms with Crippen LogP contribution in [0.3, 0.4) is 0 Å². The van der Waals surface area contributed by atoms with E-state index < -0.39 is 15.8 Å². The molecular formula is C44H34N2P2. The average Bonchev–Trinajstić information content (AvgIpc) is 3.16. The molecule has 0 fully saturated rings. The molecule has 0 aromatic heterocycles. The minimum Gasteiger partial charge on any atom is -0.256 e. The fraction of sp³-hybridized carbons (Fsp3) is 0. The second-order valence-corrected chi connectivity index (χ2v) is 15.5. The van der Waals surface area contributed by atoms with Crippen LogP contribution in [-0.4, -0.2) is 12.4 Å². The summed E-state index contributed by atoms with van der Waals surface area (Å²) in [5.74, 6) is 0. The van der Waals surface area contributed by atoms with Crippen LogP contribution in [0.5, 0.6) is 0 Å². The zero-order valence-electron chi connectivity index (χ0n) is 26.4. The van der Waals surface area contributed by atoms with Crippen LogP contribution in [-0.2, 0) is 0 Å². The van der Waals surface area contributed by atoms with Gasteiger partial charge in [0.15, 0.2) is 0 Å². The van der Waals surface area contributed by atoms with Crippen LogP contribution in [0, 0.1) is 0 Å². The highest BCUT2D eigenvalue weighted by atomic mass is 31.1. The van der Waals surface area contributed by atoms with Crippen molar-refractivity contribution in [3.05, 3.63) is 205 Å². The van der Waals surface area contributed by atoms with Crippen LogP contribution >= 0.6 is 15.8 Å². The van der Waals surface area contributed by atoms with Gasteiger partial charge in [0.25, 0.3) is 0 Å². The van der Waals surface area contributed by atoms with E-state index in [2.05, 4.69) is 170 Å². The van der Waals surface area contributed by atoms with Gasteiger partial charge in [0.05, 0.1) is 11.4 Å². The SMILES string of the molecule is C(=Nc1ccc(N=Cc2ccccc2P(c2ccccc2)c2ccccc2)cc1)c1ccccc1P(c1ccccc1)c1ccccc1. The summed E-state index contributed by atoms with van der Waals surface area (Å²) < 4.78 is 0. The van der Waals surface area contributed by atoms with Crippen molar-refractivity contribution in [2.75, 3.05) is 0 Å². The zero-order valence-corrected chi connectivity index (χ0v) is 28.2. The van der Waals surface area contributed by atoms with Crippen LogP contribution in [0.15, 0.2) is 204 Å². The Hall–Kier alpha value is -5.26. The Morgan fingerprint density at radius 3 is 0.875 bits per heavy atom. The number of aliphatic imine (C=N–C) groups is 2. The van der Waals surface area contributed by atoms with E-state index in [-0.39, 0.29) is 0 Å². The first-order valence-corrected chi connectivity index (χ1v) is 18.7. The molecule has 0 bridgehead atoms. The molecular weight excluding hydrogens is 618 g/mol. The van der Waals surface area contributed by atoms with E-state index >= 15 is 0 Å². The van der Waals surface area contributed by atoms with Gasteiger partial charge in [-0.25, -0.2) is 0 Å². The summed E-state index contributed by atoms with van der Waals surface area (Å²) in [4.78, 5) is 9.81. The topological polar surface area (TPSA) is 24.7 Å². The molecule has 48 heavy (non-hydrogen) atoms. The number of hydrogen-bond donors (Lipinski definition) is 0. The van der Waals surface area contributed by atoms with Crippen molar-refractivity contribution in [3.8, 4) is 0 Å². The predicted octanol–water partition coefficient (Wildman–Crippen LogP) is 8.70. The molecule has 0 N–H and O–H groups in total. The number of hydrogen-bond acceptors (Lipinski definition) is 2. The van der Waals surface area contributed by atoms with E-state index in [0.29, 0.717) is 0 Å². The first-order chi connectivity index (χ1) is 23.8. The van der Waals surface area contributed by atoms with Gasteiger partial charge in [0.1, 0.15) is 0 Å². The lowest BCUT2D eigenvalue weighted by atomic mass is 10.2. The fourth-order valence-electron chi connectivity index (χ4n) is 5.68. The molecule has 7 rings (SSSR count). The third-order valence-corrected chi connectivity index (χ3v) is 13.0. The molecule has 0 radical (unpaired) electrons. The van der Waals surface area contributed by atoms with Gasteiger partial charge in [-0.3, -0.25) is 9.98 Å². The van der Waals surface area contributed by atoms with Crippen molar-refractivity contribution in [1.82, 2.24) is 0 Å². The Balaban J connectivity index is 1.14. The molecule has 0 unspecified atom stereocenters. The Bertz CT molecular complexity index is 1880. The van der Waals surface area contributed by atoms with E-state index in [1.165, 1.54) is 31.8 Å². The fourth-order valence-corrected chi connectivity index (χ4v) is 10.5. The number of rotatable bonds is 10. The average molecular weight is 653 g/mol. The lowest BCUT2D eigenvalue weighted by Crippen LogP contribution is -2.23. The Kier molecular flexibility index (Phi) is 10.2. The van der Waals surface area contributed by atoms with E-state index in [1.807, 2.05) is 36.7 Å². The molecule has 0 spiro atoms. The zero-order chi connectivity index (χ0) is 32.4. The highest BCUT2D eigenvalue weighted by molar-refractivity contribution is 7.80. The normalized spacial score (nSPS) is 11.5. The van der Waals surface area contributed by atoms with E-state index in [0.717, 1.165) is 22.5 Å². The second kappa shape index (κ2) is 15.6. The van der Waals surface area contributed by atoms with Crippen LogP contribution in [0.4, 0.5) is 11.4 Å². The third kappa shape index (κ3) is 7.48. The van der Waals surface area contributed by atoms with Gasteiger partial charge in [-0.2, -0.15) is 0 Å². The molecule has 2 nitrogen and oxygen atoms in total. The molecule has 4 heteroatoms. The molecule has 7 aromatic carbocycles. The highest BCUT2D eigenvalue weighted by Gasteiger charge is 2.19. The Labute approximate surface area is 285 Å². The summed E-state index contributed by atoms with van der Waals surface area (Å²) in [6.07, 6.45) is 4.00. The van der Waals surface area contributed by atoms with Crippen LogP contribution < -0.4 is 31.8 Å². The van der Waals surface area contributed by atoms with Crippen molar-refractivity contribution in [1.29, 1.82) is 0 Å². The largest absolute Gasteiger partial charge is 0.256 e. The second-order valence-electron chi connectivity index (χ2n) is 11.2.